The summed E-state index contributed by atoms with van der Waals surface area (Å²) in [7, 11) is 0. The van der Waals surface area contributed by atoms with Crippen molar-refractivity contribution in [1.82, 2.24) is 15.0 Å². The molecule has 5 rings (SSSR count). The molecule has 1 aliphatic heterocycles. The first-order valence-electron chi connectivity index (χ1n) is 11.3. The normalized spacial score (nSPS) is 13.4. The number of hydrogen-bond acceptors (Lipinski definition) is 6. The average Bonchev–Trinajstić information content (AvgIpc) is 2.83. The highest BCUT2D eigenvalue weighted by atomic mass is 16.1. The first kappa shape index (κ1) is 21.1. The molecule has 0 atom stereocenters. The lowest BCUT2D eigenvalue weighted by Crippen LogP contribution is -2.32. The molecule has 0 bridgehead atoms. The molecule has 0 saturated carbocycles. The van der Waals surface area contributed by atoms with Crippen LogP contribution in [-0.4, -0.2) is 27.3 Å². The van der Waals surface area contributed by atoms with E-state index in [1.165, 1.54) is 5.56 Å². The molecule has 2 aromatic carbocycles. The Labute approximate surface area is 193 Å². The number of ketones is 1. The minimum absolute atomic E-state index is 0.0211. The molecular formula is C27H27N5O. The molecule has 1 aliphatic rings. The van der Waals surface area contributed by atoms with Crippen molar-refractivity contribution in [1.29, 1.82) is 0 Å². The molecule has 0 unspecified atom stereocenters. The fraction of sp³-hybridized carbons (Fsp3) is 0.259. The van der Waals surface area contributed by atoms with Gasteiger partial charge in [-0.25, -0.2) is 15.0 Å². The lowest BCUT2D eigenvalue weighted by Gasteiger charge is -2.30. The van der Waals surface area contributed by atoms with Gasteiger partial charge in [0.1, 0.15) is 11.5 Å². The molecule has 2 N–H and O–H groups in total. The molecule has 0 saturated heterocycles. The van der Waals surface area contributed by atoms with Gasteiger partial charge in [0.25, 0.3) is 0 Å². The molecule has 6 nitrogen and oxygen atoms in total. The lowest BCUT2D eigenvalue weighted by molar-refractivity contribution is 0.0988. The number of carbonyl (C=O) groups is 1. The smallest absolute Gasteiger partial charge is 0.220 e. The average molecular weight is 438 g/mol. The summed E-state index contributed by atoms with van der Waals surface area (Å²) in [4.78, 5) is 28.8. The van der Waals surface area contributed by atoms with Gasteiger partial charge in [-0.05, 0) is 28.5 Å². The summed E-state index contributed by atoms with van der Waals surface area (Å²) in [6.45, 7) is 5.73. The second-order valence-corrected chi connectivity index (χ2v) is 8.92. The molecule has 2 aromatic heterocycles. The molecule has 3 heterocycles. The van der Waals surface area contributed by atoms with Crippen molar-refractivity contribution in [2.75, 3.05) is 17.2 Å². The number of fused-ring (bicyclic) bond motifs is 2. The van der Waals surface area contributed by atoms with E-state index in [-0.39, 0.29) is 5.78 Å². The van der Waals surface area contributed by atoms with Gasteiger partial charge in [-0.15, -0.1) is 0 Å². The van der Waals surface area contributed by atoms with E-state index in [0.29, 0.717) is 30.5 Å². The summed E-state index contributed by atoms with van der Waals surface area (Å²) in [5.41, 5.74) is 10.6. The zero-order valence-corrected chi connectivity index (χ0v) is 19.0. The van der Waals surface area contributed by atoms with Crippen molar-refractivity contribution in [2.45, 2.75) is 39.2 Å². The van der Waals surface area contributed by atoms with Gasteiger partial charge < -0.3 is 10.6 Å². The Bertz CT molecular complexity index is 1330. The number of nitrogens with zero attached hydrogens (tertiary/aromatic N) is 4. The Hall–Kier alpha value is -3.80. The van der Waals surface area contributed by atoms with Crippen LogP contribution in [-0.2, 0) is 19.4 Å². The van der Waals surface area contributed by atoms with Gasteiger partial charge in [-0.1, -0.05) is 62.4 Å². The Kier molecular flexibility index (Phi) is 5.50. The summed E-state index contributed by atoms with van der Waals surface area (Å²) in [6.07, 6.45) is 2.89. The van der Waals surface area contributed by atoms with Crippen molar-refractivity contribution in [3.05, 3.63) is 88.9 Å². The zero-order valence-electron chi connectivity index (χ0n) is 19.0. The van der Waals surface area contributed by atoms with Crippen molar-refractivity contribution < 1.29 is 4.79 Å². The van der Waals surface area contributed by atoms with Gasteiger partial charge in [0, 0.05) is 43.1 Å². The van der Waals surface area contributed by atoms with Crippen LogP contribution in [0.4, 0.5) is 11.8 Å². The van der Waals surface area contributed by atoms with Crippen molar-refractivity contribution in [2.24, 2.45) is 0 Å². The molecule has 0 radical (unpaired) electrons. The minimum atomic E-state index is 0.0211. The van der Waals surface area contributed by atoms with Crippen LogP contribution in [0.1, 0.15) is 52.6 Å². The molecule has 0 spiro atoms. The van der Waals surface area contributed by atoms with Crippen LogP contribution in [0.5, 0.6) is 0 Å². The second-order valence-electron chi connectivity index (χ2n) is 8.92. The van der Waals surface area contributed by atoms with Gasteiger partial charge in [-0.2, -0.15) is 0 Å². The molecule has 0 fully saturated rings. The third kappa shape index (κ3) is 4.29. The predicted octanol–water partition coefficient (Wildman–Crippen LogP) is 4.72. The second kappa shape index (κ2) is 8.62. The summed E-state index contributed by atoms with van der Waals surface area (Å²) in [5.74, 6) is 1.62. The first-order valence-corrected chi connectivity index (χ1v) is 11.3. The van der Waals surface area contributed by atoms with E-state index in [0.717, 1.165) is 46.4 Å². The maximum atomic E-state index is 13.2. The Morgan fingerprint density at radius 3 is 2.67 bits per heavy atom. The molecular weight excluding hydrogens is 410 g/mol. The highest BCUT2D eigenvalue weighted by molar-refractivity contribution is 6.02. The Balaban J connectivity index is 1.47. The van der Waals surface area contributed by atoms with Crippen LogP contribution < -0.4 is 10.6 Å². The topological polar surface area (TPSA) is 85.0 Å². The number of nitrogens with two attached hydrogens (primary N) is 1. The molecule has 0 amide bonds. The number of Topliss-reactive ketones (excluding diaryl/α,β-unsaturated/α-hetero) is 1. The SMILES string of the molecule is CC(C)c1ccc(CC(=O)c2cc3ccccc3c(N3CCc4nc(N)ncc4C3)n2)cc1. The number of pyridine rings is 1. The van der Waals surface area contributed by atoms with Crippen LogP contribution in [0.15, 0.2) is 60.8 Å². The van der Waals surface area contributed by atoms with Crippen molar-refractivity contribution in [3.8, 4) is 0 Å². The van der Waals surface area contributed by atoms with E-state index in [1.807, 2.05) is 36.4 Å². The van der Waals surface area contributed by atoms with Crippen LogP contribution in [0.2, 0.25) is 0 Å². The van der Waals surface area contributed by atoms with Crippen LogP contribution in [0.25, 0.3) is 10.8 Å². The maximum absolute atomic E-state index is 13.2. The van der Waals surface area contributed by atoms with Gasteiger partial charge in [-0.3, -0.25) is 4.79 Å². The number of nitrogen functional groups attached to an aromatic ring is 1. The fourth-order valence-corrected chi connectivity index (χ4v) is 4.37. The first-order chi connectivity index (χ1) is 16.0. The Morgan fingerprint density at radius 2 is 1.88 bits per heavy atom. The fourth-order valence-electron chi connectivity index (χ4n) is 4.37. The largest absolute Gasteiger partial charge is 0.368 e. The third-order valence-electron chi connectivity index (χ3n) is 6.27. The molecule has 0 aliphatic carbocycles. The van der Waals surface area contributed by atoms with E-state index >= 15 is 0 Å². The monoisotopic (exact) mass is 437 g/mol. The van der Waals surface area contributed by atoms with Crippen LogP contribution in [0, 0.1) is 0 Å². The lowest BCUT2D eigenvalue weighted by atomic mass is 9.99. The predicted molar refractivity (Wildman–Crippen MR) is 132 cm³/mol. The maximum Gasteiger partial charge on any atom is 0.220 e. The summed E-state index contributed by atoms with van der Waals surface area (Å²) >= 11 is 0. The summed E-state index contributed by atoms with van der Waals surface area (Å²) in [5, 5.41) is 2.05. The molecule has 6 heteroatoms. The standard InChI is InChI=1S/C27H27N5O/c1-17(2)19-9-7-18(8-10-19)13-25(33)24-14-20-5-3-4-6-22(20)26(30-24)32-12-11-23-21(16-32)15-29-27(28)31-23/h3-10,14-15,17H,11-13,16H2,1-2H3,(H2,28,29,31). The molecule has 33 heavy (non-hydrogen) atoms. The van der Waals surface area contributed by atoms with Crippen molar-refractivity contribution >= 4 is 28.3 Å². The van der Waals surface area contributed by atoms with E-state index in [9.17, 15) is 4.79 Å². The van der Waals surface area contributed by atoms with E-state index in [1.54, 1.807) is 6.20 Å². The van der Waals surface area contributed by atoms with Gasteiger partial charge >= 0.3 is 0 Å². The summed E-state index contributed by atoms with van der Waals surface area (Å²) < 4.78 is 0. The minimum Gasteiger partial charge on any atom is -0.368 e. The van der Waals surface area contributed by atoms with Gasteiger partial charge in [0.2, 0.25) is 5.95 Å². The van der Waals surface area contributed by atoms with Crippen molar-refractivity contribution in [3.63, 3.8) is 0 Å². The Morgan fingerprint density at radius 1 is 1.09 bits per heavy atom. The number of carbonyl (C=O) groups excluding carboxylic acids is 1. The van der Waals surface area contributed by atoms with Crippen LogP contribution >= 0.6 is 0 Å². The zero-order chi connectivity index (χ0) is 22.9. The number of rotatable bonds is 5. The van der Waals surface area contributed by atoms with Crippen LogP contribution in [0.3, 0.4) is 0 Å². The number of benzene rings is 2. The van der Waals surface area contributed by atoms with Gasteiger partial charge in [0.05, 0.1) is 5.69 Å². The highest BCUT2D eigenvalue weighted by Crippen LogP contribution is 2.30. The van der Waals surface area contributed by atoms with Gasteiger partial charge in [0.15, 0.2) is 5.78 Å². The quantitative estimate of drug-likeness (QED) is 0.455. The third-order valence-corrected chi connectivity index (χ3v) is 6.27. The highest BCUT2D eigenvalue weighted by Gasteiger charge is 2.22. The number of aromatic nitrogens is 3. The number of hydrogen-bond donors (Lipinski definition) is 1. The molecule has 4 aromatic rings. The summed E-state index contributed by atoms with van der Waals surface area (Å²) in [6, 6.07) is 18.3. The van der Waals surface area contributed by atoms with E-state index in [4.69, 9.17) is 10.7 Å². The molecule has 166 valence electrons. The van der Waals surface area contributed by atoms with E-state index in [2.05, 4.69) is 46.9 Å². The van der Waals surface area contributed by atoms with E-state index < -0.39 is 0 Å². The number of anilines is 2.